The molecule has 0 aromatic carbocycles. The summed E-state index contributed by atoms with van der Waals surface area (Å²) in [5.74, 6) is 0.898. The van der Waals surface area contributed by atoms with E-state index < -0.39 is 0 Å². The normalized spacial score (nSPS) is 13.7. The summed E-state index contributed by atoms with van der Waals surface area (Å²) in [5, 5.41) is 7.64. The number of hydrogen-bond donors (Lipinski definition) is 1. The standard InChI is InChI=1S/C14H21BrN4/c1-10(5-7-14(2,3)4)17-12-6-8-19-13(18-12)11(15)9-16-19/h6,8-10H,5,7H2,1-4H3,(H,17,18). The Labute approximate surface area is 122 Å². The van der Waals surface area contributed by atoms with Gasteiger partial charge in [-0.15, -0.1) is 0 Å². The van der Waals surface area contributed by atoms with Crippen LogP contribution in [0.1, 0.15) is 40.5 Å². The third kappa shape index (κ3) is 3.93. The number of aromatic nitrogens is 3. The molecule has 2 heterocycles. The molecule has 0 aliphatic carbocycles. The second kappa shape index (κ2) is 5.49. The van der Waals surface area contributed by atoms with Crippen LogP contribution in [0.3, 0.4) is 0 Å². The van der Waals surface area contributed by atoms with Crippen LogP contribution in [-0.2, 0) is 0 Å². The fourth-order valence-electron chi connectivity index (χ4n) is 1.90. The highest BCUT2D eigenvalue weighted by atomic mass is 79.9. The van der Waals surface area contributed by atoms with Crippen LogP contribution < -0.4 is 5.32 Å². The summed E-state index contributed by atoms with van der Waals surface area (Å²) in [6.45, 7) is 9.01. The van der Waals surface area contributed by atoms with E-state index >= 15 is 0 Å². The van der Waals surface area contributed by atoms with Crippen molar-refractivity contribution in [3.05, 3.63) is 22.9 Å². The van der Waals surface area contributed by atoms with E-state index in [2.05, 4.69) is 59.0 Å². The average Bonchev–Trinajstić information content (AvgIpc) is 2.68. The maximum atomic E-state index is 4.56. The molecule has 0 saturated heterocycles. The van der Waals surface area contributed by atoms with Crippen LogP contribution in [0.2, 0.25) is 0 Å². The lowest BCUT2D eigenvalue weighted by molar-refractivity contribution is 0.356. The van der Waals surface area contributed by atoms with Gasteiger partial charge in [-0.05, 0) is 47.2 Å². The molecular formula is C14H21BrN4. The second-order valence-corrected chi connectivity index (χ2v) is 7.07. The molecule has 1 N–H and O–H groups in total. The largest absolute Gasteiger partial charge is 0.368 e. The van der Waals surface area contributed by atoms with E-state index in [4.69, 9.17) is 0 Å². The molecule has 2 aromatic heterocycles. The number of hydrogen-bond acceptors (Lipinski definition) is 3. The van der Waals surface area contributed by atoms with Crippen molar-refractivity contribution in [2.24, 2.45) is 5.41 Å². The molecule has 2 aromatic rings. The van der Waals surface area contributed by atoms with Crippen LogP contribution in [0.15, 0.2) is 22.9 Å². The Balaban J connectivity index is 2.02. The van der Waals surface area contributed by atoms with E-state index in [1.807, 2.05) is 12.3 Å². The Morgan fingerprint density at radius 3 is 2.84 bits per heavy atom. The zero-order valence-electron chi connectivity index (χ0n) is 11.9. The van der Waals surface area contributed by atoms with Gasteiger partial charge >= 0.3 is 0 Å². The van der Waals surface area contributed by atoms with Crippen molar-refractivity contribution in [3.63, 3.8) is 0 Å². The number of nitrogens with zero attached hydrogens (tertiary/aromatic N) is 3. The zero-order chi connectivity index (χ0) is 14.0. The van der Waals surface area contributed by atoms with Gasteiger partial charge in [0.05, 0.1) is 10.7 Å². The van der Waals surface area contributed by atoms with Crippen molar-refractivity contribution < 1.29 is 0 Å². The van der Waals surface area contributed by atoms with Crippen molar-refractivity contribution in [2.75, 3.05) is 5.32 Å². The summed E-state index contributed by atoms with van der Waals surface area (Å²) < 4.78 is 2.67. The fraction of sp³-hybridized carbons (Fsp3) is 0.571. The highest BCUT2D eigenvalue weighted by Gasteiger charge is 2.13. The van der Waals surface area contributed by atoms with Gasteiger partial charge in [0, 0.05) is 12.2 Å². The van der Waals surface area contributed by atoms with Crippen LogP contribution in [-0.4, -0.2) is 20.6 Å². The molecule has 1 atom stereocenters. The quantitative estimate of drug-likeness (QED) is 0.919. The summed E-state index contributed by atoms with van der Waals surface area (Å²) >= 11 is 3.45. The Morgan fingerprint density at radius 1 is 1.42 bits per heavy atom. The summed E-state index contributed by atoms with van der Waals surface area (Å²) in [5.41, 5.74) is 1.22. The third-order valence-electron chi connectivity index (χ3n) is 3.05. The Bertz CT molecular complexity index is 556. The number of rotatable bonds is 4. The lowest BCUT2D eigenvalue weighted by Crippen LogP contribution is -2.19. The molecule has 0 saturated carbocycles. The van der Waals surface area contributed by atoms with Crippen molar-refractivity contribution in [2.45, 2.75) is 46.6 Å². The summed E-state index contributed by atoms with van der Waals surface area (Å²) in [4.78, 5) is 4.56. The Hall–Kier alpha value is -1.10. The van der Waals surface area contributed by atoms with Gasteiger partial charge in [-0.2, -0.15) is 5.10 Å². The summed E-state index contributed by atoms with van der Waals surface area (Å²) in [6, 6.07) is 2.37. The van der Waals surface area contributed by atoms with Gasteiger partial charge in [0.2, 0.25) is 0 Å². The smallest absolute Gasteiger partial charge is 0.171 e. The first kappa shape index (κ1) is 14.3. The predicted octanol–water partition coefficient (Wildman–Crippen LogP) is 4.12. The molecule has 2 rings (SSSR count). The molecule has 1 unspecified atom stereocenters. The maximum Gasteiger partial charge on any atom is 0.171 e. The number of nitrogens with one attached hydrogen (secondary N) is 1. The van der Waals surface area contributed by atoms with E-state index in [9.17, 15) is 0 Å². The molecule has 0 amide bonds. The van der Waals surface area contributed by atoms with Gasteiger partial charge in [0.25, 0.3) is 0 Å². The molecule has 5 heteroatoms. The molecule has 19 heavy (non-hydrogen) atoms. The minimum Gasteiger partial charge on any atom is -0.368 e. The van der Waals surface area contributed by atoms with E-state index in [1.54, 1.807) is 10.7 Å². The zero-order valence-corrected chi connectivity index (χ0v) is 13.5. The van der Waals surface area contributed by atoms with Gasteiger partial charge in [-0.25, -0.2) is 9.50 Å². The first-order valence-electron chi connectivity index (χ1n) is 6.61. The molecule has 0 radical (unpaired) electrons. The topological polar surface area (TPSA) is 42.2 Å². The molecule has 0 spiro atoms. The van der Waals surface area contributed by atoms with E-state index in [-0.39, 0.29) is 0 Å². The Kier molecular flexibility index (Phi) is 4.13. The second-order valence-electron chi connectivity index (χ2n) is 6.22. The van der Waals surface area contributed by atoms with E-state index in [0.717, 1.165) is 22.4 Å². The highest BCUT2D eigenvalue weighted by Crippen LogP contribution is 2.23. The molecule has 0 aliphatic heterocycles. The summed E-state index contributed by atoms with van der Waals surface area (Å²) in [6.07, 6.45) is 6.01. The fourth-order valence-corrected chi connectivity index (χ4v) is 2.26. The van der Waals surface area contributed by atoms with E-state index in [1.165, 1.54) is 6.42 Å². The first-order valence-corrected chi connectivity index (χ1v) is 7.41. The number of halogens is 1. The molecule has 4 nitrogen and oxygen atoms in total. The molecule has 0 bridgehead atoms. The third-order valence-corrected chi connectivity index (χ3v) is 3.61. The van der Waals surface area contributed by atoms with Crippen LogP contribution in [0.4, 0.5) is 5.82 Å². The maximum absolute atomic E-state index is 4.56. The lowest BCUT2D eigenvalue weighted by atomic mass is 9.89. The lowest BCUT2D eigenvalue weighted by Gasteiger charge is -2.21. The van der Waals surface area contributed by atoms with Crippen LogP contribution in [0.5, 0.6) is 0 Å². The van der Waals surface area contributed by atoms with Gasteiger partial charge in [-0.3, -0.25) is 0 Å². The number of anilines is 1. The monoisotopic (exact) mass is 324 g/mol. The van der Waals surface area contributed by atoms with Crippen LogP contribution in [0, 0.1) is 5.41 Å². The number of fused-ring (bicyclic) bond motifs is 1. The highest BCUT2D eigenvalue weighted by molar-refractivity contribution is 9.10. The van der Waals surface area contributed by atoms with Crippen molar-refractivity contribution >= 4 is 27.4 Å². The van der Waals surface area contributed by atoms with Crippen LogP contribution in [0.25, 0.3) is 5.65 Å². The van der Waals surface area contributed by atoms with Gasteiger partial charge < -0.3 is 5.32 Å². The van der Waals surface area contributed by atoms with Crippen molar-refractivity contribution in [1.82, 2.24) is 14.6 Å². The SMILES string of the molecule is CC(CCC(C)(C)C)Nc1ccn2ncc(Br)c2n1. The predicted molar refractivity (Wildman–Crippen MR) is 82.5 cm³/mol. The molecule has 104 valence electrons. The van der Waals surface area contributed by atoms with Crippen LogP contribution >= 0.6 is 15.9 Å². The minimum absolute atomic E-state index is 0.377. The molecule has 0 fully saturated rings. The van der Waals surface area contributed by atoms with Crippen molar-refractivity contribution in [1.29, 1.82) is 0 Å². The van der Waals surface area contributed by atoms with Gasteiger partial charge in [0.1, 0.15) is 5.82 Å². The molecule has 0 aliphatic rings. The Morgan fingerprint density at radius 2 is 2.16 bits per heavy atom. The van der Waals surface area contributed by atoms with Gasteiger partial charge in [-0.1, -0.05) is 20.8 Å². The van der Waals surface area contributed by atoms with Crippen molar-refractivity contribution in [3.8, 4) is 0 Å². The minimum atomic E-state index is 0.377. The summed E-state index contributed by atoms with van der Waals surface area (Å²) in [7, 11) is 0. The first-order chi connectivity index (χ1) is 8.85. The van der Waals surface area contributed by atoms with E-state index in [0.29, 0.717) is 11.5 Å². The molecular weight excluding hydrogens is 304 g/mol. The average molecular weight is 325 g/mol. The van der Waals surface area contributed by atoms with Gasteiger partial charge in [0.15, 0.2) is 5.65 Å².